The van der Waals surface area contributed by atoms with Crippen LogP contribution in [0, 0.1) is 17.0 Å². The highest BCUT2D eigenvalue weighted by Gasteiger charge is 2.23. The number of amides is 1. The van der Waals surface area contributed by atoms with Crippen LogP contribution in [0.4, 0.5) is 14.5 Å². The Labute approximate surface area is 219 Å². The average molecular weight is 525 g/mol. The molecule has 0 bridgehead atoms. The molecule has 3 aromatic rings. The van der Waals surface area contributed by atoms with Gasteiger partial charge in [-0.3, -0.25) is 9.48 Å². The van der Waals surface area contributed by atoms with Crippen molar-refractivity contribution in [2.45, 2.75) is 24.9 Å². The van der Waals surface area contributed by atoms with E-state index >= 15 is 0 Å². The van der Waals surface area contributed by atoms with Crippen molar-refractivity contribution < 1.29 is 23.0 Å². The molecule has 0 unspecified atom stereocenters. The number of ether oxygens (including phenoxy) is 2. The first kappa shape index (κ1) is 26.8. The predicted octanol–water partition coefficient (Wildman–Crippen LogP) is 3.88. The zero-order chi connectivity index (χ0) is 27.2. The number of rotatable bonds is 10. The number of aryl methyl sites for hydroxylation is 1. The third-order valence-corrected chi connectivity index (χ3v) is 6.26. The third kappa shape index (κ3) is 6.17. The number of anilines is 1. The molecule has 1 fully saturated rings. The van der Waals surface area contributed by atoms with E-state index in [1.165, 1.54) is 25.3 Å². The van der Waals surface area contributed by atoms with Gasteiger partial charge in [0.25, 0.3) is 5.91 Å². The van der Waals surface area contributed by atoms with Gasteiger partial charge in [0.15, 0.2) is 11.6 Å². The van der Waals surface area contributed by atoms with Crippen molar-refractivity contribution in [2.75, 3.05) is 25.6 Å². The van der Waals surface area contributed by atoms with Gasteiger partial charge in [-0.05, 0) is 42.7 Å². The van der Waals surface area contributed by atoms with Gasteiger partial charge in [0, 0.05) is 49.8 Å². The zero-order valence-corrected chi connectivity index (χ0v) is 21.2. The van der Waals surface area contributed by atoms with Gasteiger partial charge < -0.3 is 30.8 Å². The molecule has 0 spiro atoms. The maximum atomic E-state index is 15.0. The lowest BCUT2D eigenvalue weighted by Crippen LogP contribution is -2.36. The summed E-state index contributed by atoms with van der Waals surface area (Å²) in [6.45, 7) is 5.23. The van der Waals surface area contributed by atoms with Crippen LogP contribution >= 0.6 is 0 Å². The second-order valence-corrected chi connectivity index (χ2v) is 8.95. The molecule has 2 heterocycles. The van der Waals surface area contributed by atoms with Gasteiger partial charge in [0.05, 0.1) is 36.4 Å². The predicted molar refractivity (Wildman–Crippen MR) is 139 cm³/mol. The van der Waals surface area contributed by atoms with Gasteiger partial charge in [-0.1, -0.05) is 12.6 Å². The molecule has 0 radical (unpaired) electrons. The van der Waals surface area contributed by atoms with Crippen molar-refractivity contribution in [1.82, 2.24) is 20.4 Å². The summed E-state index contributed by atoms with van der Waals surface area (Å²) in [6.07, 6.45) is 5.74. The highest BCUT2D eigenvalue weighted by molar-refractivity contribution is 5.98. The standard InChI is InChI=1S/C27H30F2N6O3/c1-16(32-20-6-8-38-9-7-20)33-24-12-18(11-22(28)21(24)13-30)27(36)34-26(19-14-31-35(2)15-19)17-4-5-25(37-3)23(29)10-17/h4-5,10-15,20,26,30,32-33H,1,6-9H2,2-3H3,(H,34,36)/t26-/m0/s1. The average Bonchev–Trinajstić information content (AvgIpc) is 3.33. The second-order valence-electron chi connectivity index (χ2n) is 8.95. The van der Waals surface area contributed by atoms with E-state index in [2.05, 4.69) is 27.6 Å². The lowest BCUT2D eigenvalue weighted by molar-refractivity contribution is 0.0805. The Bertz CT molecular complexity index is 1340. The van der Waals surface area contributed by atoms with E-state index in [0.29, 0.717) is 30.2 Å². The van der Waals surface area contributed by atoms with E-state index < -0.39 is 23.6 Å². The van der Waals surface area contributed by atoms with Crippen LogP contribution in [0.5, 0.6) is 5.75 Å². The molecule has 1 aliphatic heterocycles. The summed E-state index contributed by atoms with van der Waals surface area (Å²) in [5, 5.41) is 20.9. The van der Waals surface area contributed by atoms with Crippen LogP contribution in [0.1, 0.15) is 45.9 Å². The minimum atomic E-state index is -0.774. The molecule has 1 aliphatic rings. The lowest BCUT2D eigenvalue weighted by Gasteiger charge is -2.26. The summed E-state index contributed by atoms with van der Waals surface area (Å²) in [6, 6.07) is 6.26. The number of carbonyl (C=O) groups is 1. The summed E-state index contributed by atoms with van der Waals surface area (Å²) in [4.78, 5) is 13.4. The largest absolute Gasteiger partial charge is 0.494 e. The van der Waals surface area contributed by atoms with Crippen molar-refractivity contribution in [3.8, 4) is 5.75 Å². The van der Waals surface area contributed by atoms with Crippen LogP contribution < -0.4 is 20.7 Å². The topological polar surface area (TPSA) is 113 Å². The molecule has 11 heteroatoms. The van der Waals surface area contributed by atoms with Gasteiger partial charge >= 0.3 is 0 Å². The Morgan fingerprint density at radius 3 is 2.63 bits per heavy atom. The number of halogens is 2. The highest BCUT2D eigenvalue weighted by atomic mass is 19.1. The van der Waals surface area contributed by atoms with Crippen molar-refractivity contribution in [3.05, 3.63) is 89.0 Å². The van der Waals surface area contributed by atoms with Crippen LogP contribution in [0.15, 0.2) is 55.1 Å². The quantitative estimate of drug-likeness (QED) is 0.300. The lowest BCUT2D eigenvalue weighted by atomic mass is 10.00. The van der Waals surface area contributed by atoms with Crippen molar-refractivity contribution >= 4 is 17.8 Å². The number of benzene rings is 2. The molecule has 38 heavy (non-hydrogen) atoms. The van der Waals surface area contributed by atoms with Gasteiger partial charge in [-0.2, -0.15) is 5.10 Å². The molecule has 4 rings (SSSR count). The fourth-order valence-electron chi connectivity index (χ4n) is 4.31. The van der Waals surface area contributed by atoms with Crippen LogP contribution in [0.25, 0.3) is 0 Å². The molecule has 0 aliphatic carbocycles. The smallest absolute Gasteiger partial charge is 0.252 e. The first-order valence-corrected chi connectivity index (χ1v) is 12.1. The molecule has 1 atom stereocenters. The van der Waals surface area contributed by atoms with Crippen molar-refractivity contribution in [2.24, 2.45) is 7.05 Å². The van der Waals surface area contributed by atoms with E-state index in [4.69, 9.17) is 14.9 Å². The van der Waals surface area contributed by atoms with Crippen molar-refractivity contribution in [3.63, 3.8) is 0 Å². The Balaban J connectivity index is 1.60. The number of nitrogens with zero attached hydrogens (tertiary/aromatic N) is 2. The molecule has 1 amide bonds. The fraction of sp³-hybridized carbons (Fsp3) is 0.296. The van der Waals surface area contributed by atoms with Gasteiger partial charge in [-0.25, -0.2) is 8.78 Å². The molecule has 1 aromatic heterocycles. The van der Waals surface area contributed by atoms with Crippen molar-refractivity contribution in [1.29, 1.82) is 5.41 Å². The molecule has 9 nitrogen and oxygen atoms in total. The van der Waals surface area contributed by atoms with E-state index in [0.717, 1.165) is 25.1 Å². The summed E-state index contributed by atoms with van der Waals surface area (Å²) < 4.78 is 41.4. The maximum absolute atomic E-state index is 15.0. The SMILES string of the molecule is C=C(Nc1cc(C(=O)N[C@@H](c2ccc(OC)c(F)c2)c2cnn(C)c2)cc(F)c1C=N)NC1CCOCC1. The van der Waals surface area contributed by atoms with E-state index in [9.17, 15) is 13.6 Å². The Kier molecular flexibility index (Phi) is 8.37. The van der Waals surface area contributed by atoms with Crippen LogP contribution in [0.2, 0.25) is 0 Å². The maximum Gasteiger partial charge on any atom is 0.252 e. The molecule has 0 saturated carbocycles. The highest BCUT2D eigenvalue weighted by Crippen LogP contribution is 2.28. The molecule has 2 aromatic carbocycles. The number of hydrogen-bond donors (Lipinski definition) is 4. The number of aromatic nitrogens is 2. The Morgan fingerprint density at radius 2 is 2.00 bits per heavy atom. The first-order valence-electron chi connectivity index (χ1n) is 12.1. The Morgan fingerprint density at radius 1 is 1.24 bits per heavy atom. The summed E-state index contributed by atoms with van der Waals surface area (Å²) in [5.41, 5.74) is 1.26. The summed E-state index contributed by atoms with van der Waals surface area (Å²) in [5.74, 6) is -1.45. The molecule has 4 N–H and O–H groups in total. The van der Waals surface area contributed by atoms with E-state index in [1.54, 1.807) is 30.2 Å². The zero-order valence-electron chi connectivity index (χ0n) is 21.2. The summed E-state index contributed by atoms with van der Waals surface area (Å²) in [7, 11) is 3.09. The molecular formula is C27H30F2N6O3. The third-order valence-electron chi connectivity index (χ3n) is 6.26. The number of hydrogen-bond acceptors (Lipinski definition) is 7. The van der Waals surface area contributed by atoms with Gasteiger partial charge in [0.1, 0.15) is 5.82 Å². The van der Waals surface area contributed by atoms with E-state index in [-0.39, 0.29) is 28.6 Å². The van der Waals surface area contributed by atoms with Crippen LogP contribution in [-0.2, 0) is 11.8 Å². The monoisotopic (exact) mass is 524 g/mol. The number of nitrogens with one attached hydrogen (secondary N) is 4. The second kappa shape index (κ2) is 11.9. The minimum Gasteiger partial charge on any atom is -0.494 e. The molecular weight excluding hydrogens is 494 g/mol. The minimum absolute atomic E-state index is 0.0114. The van der Waals surface area contributed by atoms with E-state index in [1.807, 2.05) is 0 Å². The van der Waals surface area contributed by atoms with Crippen LogP contribution in [0.3, 0.4) is 0 Å². The van der Waals surface area contributed by atoms with Crippen LogP contribution in [-0.4, -0.2) is 48.3 Å². The normalized spacial score (nSPS) is 14.4. The number of methoxy groups -OCH3 is 1. The van der Waals surface area contributed by atoms with Gasteiger partial charge in [-0.15, -0.1) is 0 Å². The van der Waals surface area contributed by atoms with Gasteiger partial charge in [0.2, 0.25) is 0 Å². The fourth-order valence-corrected chi connectivity index (χ4v) is 4.31. The Hall–Kier alpha value is -4.25. The first-order chi connectivity index (χ1) is 18.3. The number of carbonyl (C=O) groups excluding carboxylic acids is 1. The molecule has 200 valence electrons. The summed E-state index contributed by atoms with van der Waals surface area (Å²) >= 11 is 0. The molecule has 1 saturated heterocycles.